The smallest absolute Gasteiger partial charge is 0.173 e. The average Bonchev–Trinajstić information content (AvgIpc) is 2.49. The quantitative estimate of drug-likeness (QED) is 0.392. The van der Waals surface area contributed by atoms with E-state index < -0.39 is 0 Å². The molecule has 0 aliphatic rings. The first-order valence-electron chi connectivity index (χ1n) is 6.15. The van der Waals surface area contributed by atoms with E-state index in [1.165, 1.54) is 0 Å². The van der Waals surface area contributed by atoms with Crippen molar-refractivity contribution in [3.63, 3.8) is 0 Å². The fourth-order valence-corrected chi connectivity index (χ4v) is 2.05. The summed E-state index contributed by atoms with van der Waals surface area (Å²) in [4.78, 5) is 0. The number of methoxy groups -OCH3 is 1. The summed E-state index contributed by atoms with van der Waals surface area (Å²) in [5.41, 5.74) is 7.00. The standard InChI is InChI=1S/C15H15ClN2O3/c1-9-7-10(16)3-6-13(9)21-14-8-11(20-2)4-5-12(14)15(17)18-19/h3-8,19H,1-2H3,(H2,17,18). The summed E-state index contributed by atoms with van der Waals surface area (Å²) in [6.07, 6.45) is 0. The molecule has 0 aliphatic carbocycles. The van der Waals surface area contributed by atoms with E-state index in [1.54, 1.807) is 43.5 Å². The Bertz CT molecular complexity index is 687. The molecule has 0 aliphatic heterocycles. The zero-order valence-corrected chi connectivity index (χ0v) is 12.4. The lowest BCUT2D eigenvalue weighted by atomic mass is 10.1. The lowest BCUT2D eigenvalue weighted by Crippen LogP contribution is -2.14. The number of ether oxygens (including phenoxy) is 2. The van der Waals surface area contributed by atoms with Crippen LogP contribution < -0.4 is 15.2 Å². The Kier molecular flexibility index (Phi) is 4.55. The summed E-state index contributed by atoms with van der Waals surface area (Å²) in [5, 5.41) is 12.5. The van der Waals surface area contributed by atoms with E-state index in [2.05, 4.69) is 5.16 Å². The molecule has 110 valence electrons. The Hall–Kier alpha value is -2.40. The highest BCUT2D eigenvalue weighted by atomic mass is 35.5. The summed E-state index contributed by atoms with van der Waals surface area (Å²) in [7, 11) is 1.55. The zero-order valence-electron chi connectivity index (χ0n) is 11.6. The normalized spacial score (nSPS) is 11.3. The number of oxime groups is 1. The molecule has 0 heterocycles. The first kappa shape index (κ1) is 15.0. The Balaban J connectivity index is 2.46. The second-order valence-corrected chi connectivity index (χ2v) is 4.80. The van der Waals surface area contributed by atoms with Crippen molar-refractivity contribution >= 4 is 17.4 Å². The van der Waals surface area contributed by atoms with Crippen LogP contribution in [0.3, 0.4) is 0 Å². The van der Waals surface area contributed by atoms with Crippen molar-refractivity contribution < 1.29 is 14.7 Å². The van der Waals surface area contributed by atoms with E-state index in [9.17, 15) is 0 Å². The van der Waals surface area contributed by atoms with Crippen LogP contribution in [0.4, 0.5) is 0 Å². The summed E-state index contributed by atoms with van der Waals surface area (Å²) >= 11 is 5.92. The summed E-state index contributed by atoms with van der Waals surface area (Å²) in [5.74, 6) is 1.61. The van der Waals surface area contributed by atoms with Crippen molar-refractivity contribution in [2.24, 2.45) is 10.9 Å². The van der Waals surface area contributed by atoms with Gasteiger partial charge in [-0.05, 0) is 42.8 Å². The van der Waals surface area contributed by atoms with Crippen LogP contribution in [0, 0.1) is 6.92 Å². The van der Waals surface area contributed by atoms with Crippen LogP contribution >= 0.6 is 11.6 Å². The Morgan fingerprint density at radius 3 is 2.57 bits per heavy atom. The predicted molar refractivity (Wildman–Crippen MR) is 81.8 cm³/mol. The molecule has 6 heteroatoms. The Morgan fingerprint density at radius 2 is 1.95 bits per heavy atom. The maximum atomic E-state index is 8.85. The zero-order chi connectivity index (χ0) is 15.4. The van der Waals surface area contributed by atoms with Gasteiger partial charge in [-0.15, -0.1) is 0 Å². The molecule has 2 rings (SSSR count). The van der Waals surface area contributed by atoms with Crippen molar-refractivity contribution in [1.82, 2.24) is 0 Å². The van der Waals surface area contributed by atoms with Crippen molar-refractivity contribution in [2.75, 3.05) is 7.11 Å². The Labute approximate surface area is 127 Å². The number of halogens is 1. The molecule has 0 unspecified atom stereocenters. The van der Waals surface area contributed by atoms with Crippen LogP contribution in [0.15, 0.2) is 41.6 Å². The maximum Gasteiger partial charge on any atom is 0.173 e. The predicted octanol–water partition coefficient (Wildman–Crippen LogP) is 3.54. The topological polar surface area (TPSA) is 77.1 Å². The number of nitrogens with zero attached hydrogens (tertiary/aromatic N) is 1. The third-order valence-electron chi connectivity index (χ3n) is 2.93. The van der Waals surface area contributed by atoms with Crippen LogP contribution in [0.25, 0.3) is 0 Å². The number of aryl methyl sites for hydroxylation is 1. The molecule has 0 atom stereocenters. The largest absolute Gasteiger partial charge is 0.497 e. The highest BCUT2D eigenvalue weighted by Crippen LogP contribution is 2.32. The van der Waals surface area contributed by atoms with E-state index in [-0.39, 0.29) is 5.84 Å². The number of benzene rings is 2. The molecule has 0 fully saturated rings. The molecular formula is C15H15ClN2O3. The molecule has 0 saturated carbocycles. The van der Waals surface area contributed by atoms with Crippen molar-refractivity contribution in [3.8, 4) is 17.2 Å². The van der Waals surface area contributed by atoms with Gasteiger partial charge in [0.05, 0.1) is 12.7 Å². The molecule has 21 heavy (non-hydrogen) atoms. The molecule has 2 aromatic rings. The third-order valence-corrected chi connectivity index (χ3v) is 3.16. The van der Waals surface area contributed by atoms with Crippen LogP contribution in [-0.2, 0) is 0 Å². The third kappa shape index (κ3) is 3.38. The fraction of sp³-hybridized carbons (Fsp3) is 0.133. The van der Waals surface area contributed by atoms with Gasteiger partial charge in [0, 0.05) is 11.1 Å². The minimum atomic E-state index is -0.0423. The highest BCUT2D eigenvalue weighted by Gasteiger charge is 2.12. The minimum absolute atomic E-state index is 0.0423. The fourth-order valence-electron chi connectivity index (χ4n) is 1.83. The van der Waals surface area contributed by atoms with Gasteiger partial charge in [-0.2, -0.15) is 0 Å². The number of amidine groups is 1. The number of hydrogen-bond acceptors (Lipinski definition) is 4. The average molecular weight is 307 g/mol. The number of nitrogens with two attached hydrogens (primary N) is 1. The highest BCUT2D eigenvalue weighted by molar-refractivity contribution is 6.30. The maximum absolute atomic E-state index is 8.85. The molecule has 0 saturated heterocycles. The van der Waals surface area contributed by atoms with E-state index in [0.717, 1.165) is 5.56 Å². The van der Waals surface area contributed by atoms with Gasteiger partial charge >= 0.3 is 0 Å². The van der Waals surface area contributed by atoms with Gasteiger partial charge in [0.2, 0.25) is 0 Å². The summed E-state index contributed by atoms with van der Waals surface area (Å²) in [6, 6.07) is 10.3. The summed E-state index contributed by atoms with van der Waals surface area (Å²) < 4.78 is 11.0. The number of hydrogen-bond donors (Lipinski definition) is 2. The van der Waals surface area contributed by atoms with Crippen molar-refractivity contribution in [3.05, 3.63) is 52.5 Å². The van der Waals surface area contributed by atoms with Crippen LogP contribution in [0.5, 0.6) is 17.2 Å². The molecule has 0 radical (unpaired) electrons. The molecule has 5 nitrogen and oxygen atoms in total. The first-order valence-corrected chi connectivity index (χ1v) is 6.53. The van der Waals surface area contributed by atoms with E-state index in [4.69, 9.17) is 32.0 Å². The molecule has 0 amide bonds. The van der Waals surface area contributed by atoms with Gasteiger partial charge in [0.15, 0.2) is 5.84 Å². The van der Waals surface area contributed by atoms with Gasteiger partial charge in [-0.25, -0.2) is 0 Å². The van der Waals surface area contributed by atoms with Crippen molar-refractivity contribution in [1.29, 1.82) is 0 Å². The van der Waals surface area contributed by atoms with E-state index in [1.807, 2.05) is 6.92 Å². The van der Waals surface area contributed by atoms with E-state index in [0.29, 0.717) is 27.8 Å². The van der Waals surface area contributed by atoms with E-state index >= 15 is 0 Å². The van der Waals surface area contributed by atoms with Crippen LogP contribution in [-0.4, -0.2) is 18.2 Å². The monoisotopic (exact) mass is 306 g/mol. The lowest BCUT2D eigenvalue weighted by Gasteiger charge is -2.13. The van der Waals surface area contributed by atoms with Crippen LogP contribution in [0.1, 0.15) is 11.1 Å². The molecule has 0 aromatic heterocycles. The SMILES string of the molecule is COc1ccc(/C(N)=N/O)c(Oc2ccc(Cl)cc2C)c1. The molecule has 0 spiro atoms. The van der Waals surface area contributed by atoms with Gasteiger partial charge < -0.3 is 20.4 Å². The van der Waals surface area contributed by atoms with Crippen molar-refractivity contribution in [2.45, 2.75) is 6.92 Å². The lowest BCUT2D eigenvalue weighted by molar-refractivity contribution is 0.318. The second-order valence-electron chi connectivity index (χ2n) is 4.36. The molecule has 2 aromatic carbocycles. The molecular weight excluding hydrogens is 292 g/mol. The number of rotatable bonds is 4. The molecule has 0 bridgehead atoms. The minimum Gasteiger partial charge on any atom is -0.497 e. The van der Waals surface area contributed by atoms with Gasteiger partial charge in [0.25, 0.3) is 0 Å². The Morgan fingerprint density at radius 1 is 1.19 bits per heavy atom. The van der Waals surface area contributed by atoms with Gasteiger partial charge in [-0.1, -0.05) is 16.8 Å². The van der Waals surface area contributed by atoms with Crippen LogP contribution in [0.2, 0.25) is 5.02 Å². The summed E-state index contributed by atoms with van der Waals surface area (Å²) in [6.45, 7) is 1.88. The first-order chi connectivity index (χ1) is 10.0. The van der Waals surface area contributed by atoms with Gasteiger partial charge in [0.1, 0.15) is 17.2 Å². The van der Waals surface area contributed by atoms with Gasteiger partial charge in [-0.3, -0.25) is 0 Å². The second kappa shape index (κ2) is 6.37. The molecule has 3 N–H and O–H groups in total.